The molecule has 0 unspecified atom stereocenters. The first kappa shape index (κ1) is 24.1. The van der Waals surface area contributed by atoms with Crippen molar-refractivity contribution in [1.82, 2.24) is 10.6 Å². The Labute approximate surface area is 167 Å². The van der Waals surface area contributed by atoms with Crippen LogP contribution in [-0.4, -0.2) is 48.1 Å². The molecule has 1 atom stereocenters. The number of nitro benzene ring substituents is 1. The normalized spacial score (nSPS) is 12.2. The Balaban J connectivity index is 2.76. The van der Waals surface area contributed by atoms with E-state index in [2.05, 4.69) is 10.1 Å². The molecule has 0 heterocycles. The summed E-state index contributed by atoms with van der Waals surface area (Å²) in [6, 6.07) is 2.01. The number of carbonyl (C=O) groups excluding carboxylic acids is 3. The van der Waals surface area contributed by atoms with Crippen LogP contribution in [0.2, 0.25) is 5.02 Å². The average Bonchev–Trinajstić information content (AvgIpc) is 2.61. The van der Waals surface area contributed by atoms with Gasteiger partial charge in [-0.25, -0.2) is 4.79 Å². The van der Waals surface area contributed by atoms with E-state index in [0.29, 0.717) is 0 Å². The third-order valence-electron chi connectivity index (χ3n) is 3.44. The SMILES string of the molecule is CC(C)[C@H](NC(=O)c1ccc(Cl)c([N+](=O)[O-])c1)C(=O)OCC(=O)NCC(F)(F)F. The Morgan fingerprint density at radius 3 is 2.41 bits per heavy atom. The maximum Gasteiger partial charge on any atom is 0.405 e. The minimum absolute atomic E-state index is 0.150. The number of nitrogens with one attached hydrogen (secondary N) is 2. The van der Waals surface area contributed by atoms with Crippen molar-refractivity contribution in [3.63, 3.8) is 0 Å². The van der Waals surface area contributed by atoms with Gasteiger partial charge in [-0.15, -0.1) is 0 Å². The fourth-order valence-corrected chi connectivity index (χ4v) is 2.18. The molecule has 0 saturated carbocycles. The number of ether oxygens (including phenoxy) is 1. The lowest BCUT2D eigenvalue weighted by Gasteiger charge is -2.21. The van der Waals surface area contributed by atoms with Crippen LogP contribution in [0.4, 0.5) is 18.9 Å². The van der Waals surface area contributed by atoms with Crippen LogP contribution < -0.4 is 10.6 Å². The second-order valence-electron chi connectivity index (χ2n) is 6.12. The van der Waals surface area contributed by atoms with Gasteiger partial charge in [0.1, 0.15) is 17.6 Å². The second kappa shape index (κ2) is 10.0. The van der Waals surface area contributed by atoms with Gasteiger partial charge in [0.2, 0.25) is 0 Å². The van der Waals surface area contributed by atoms with Crippen molar-refractivity contribution < 1.29 is 37.2 Å². The Bertz CT molecular complexity index is 801. The fraction of sp³-hybridized carbons (Fsp3) is 0.438. The van der Waals surface area contributed by atoms with Crippen LogP contribution in [-0.2, 0) is 14.3 Å². The van der Waals surface area contributed by atoms with Gasteiger partial charge < -0.3 is 15.4 Å². The molecule has 1 rings (SSSR count). The molecule has 2 amide bonds. The third kappa shape index (κ3) is 7.94. The van der Waals surface area contributed by atoms with Crippen molar-refractivity contribution in [2.75, 3.05) is 13.2 Å². The van der Waals surface area contributed by atoms with Crippen molar-refractivity contribution in [3.8, 4) is 0 Å². The molecule has 0 spiro atoms. The van der Waals surface area contributed by atoms with Crippen LogP contribution in [0.15, 0.2) is 18.2 Å². The zero-order chi connectivity index (χ0) is 22.4. The molecule has 2 N–H and O–H groups in total. The van der Waals surface area contributed by atoms with Crippen molar-refractivity contribution in [3.05, 3.63) is 38.9 Å². The number of amides is 2. The summed E-state index contributed by atoms with van der Waals surface area (Å²) in [6.45, 7) is 0.532. The Kier molecular flexibility index (Phi) is 8.37. The molecule has 0 saturated heterocycles. The number of halogens is 4. The highest BCUT2D eigenvalue weighted by atomic mass is 35.5. The number of nitro groups is 1. The summed E-state index contributed by atoms with van der Waals surface area (Å²) >= 11 is 5.67. The van der Waals surface area contributed by atoms with Crippen LogP contribution in [0.5, 0.6) is 0 Å². The van der Waals surface area contributed by atoms with E-state index in [1.165, 1.54) is 11.4 Å². The summed E-state index contributed by atoms with van der Waals surface area (Å²) < 4.78 is 40.8. The lowest BCUT2D eigenvalue weighted by Crippen LogP contribution is -2.46. The number of hydrogen-bond donors (Lipinski definition) is 2. The zero-order valence-corrected chi connectivity index (χ0v) is 16.0. The molecule has 0 bridgehead atoms. The number of benzene rings is 1. The molecule has 1 aromatic rings. The highest BCUT2D eigenvalue weighted by molar-refractivity contribution is 6.32. The van der Waals surface area contributed by atoms with E-state index in [1.807, 2.05) is 0 Å². The van der Waals surface area contributed by atoms with Crippen LogP contribution in [0.25, 0.3) is 0 Å². The van der Waals surface area contributed by atoms with Crippen molar-refractivity contribution in [2.24, 2.45) is 5.92 Å². The zero-order valence-electron chi connectivity index (χ0n) is 15.2. The first-order valence-electron chi connectivity index (χ1n) is 8.06. The minimum atomic E-state index is -4.62. The standard InChI is InChI=1S/C16H17ClF3N3O6/c1-8(2)13(15(26)29-6-12(24)21-7-16(18,19)20)22-14(25)9-3-4-10(17)11(5-9)23(27)28/h3-5,8,13H,6-7H2,1-2H3,(H,21,24)(H,22,25)/t13-/m0/s1. The summed E-state index contributed by atoms with van der Waals surface area (Å²) in [6.07, 6.45) is -4.62. The van der Waals surface area contributed by atoms with Gasteiger partial charge in [-0.3, -0.25) is 19.7 Å². The number of nitrogens with zero attached hydrogens (tertiary/aromatic N) is 1. The van der Waals surface area contributed by atoms with Gasteiger partial charge >= 0.3 is 12.1 Å². The van der Waals surface area contributed by atoms with E-state index in [1.54, 1.807) is 13.8 Å². The van der Waals surface area contributed by atoms with Crippen LogP contribution in [0.1, 0.15) is 24.2 Å². The topological polar surface area (TPSA) is 128 Å². The van der Waals surface area contributed by atoms with E-state index < -0.39 is 59.7 Å². The third-order valence-corrected chi connectivity index (χ3v) is 3.76. The fourth-order valence-electron chi connectivity index (χ4n) is 1.99. The van der Waals surface area contributed by atoms with Crippen molar-refractivity contribution in [1.29, 1.82) is 0 Å². The lowest BCUT2D eigenvalue weighted by atomic mass is 10.0. The average molecular weight is 440 g/mol. The summed E-state index contributed by atoms with van der Waals surface area (Å²) in [5.41, 5.74) is -0.660. The predicted molar refractivity (Wildman–Crippen MR) is 94.2 cm³/mol. The van der Waals surface area contributed by atoms with E-state index in [9.17, 15) is 37.7 Å². The monoisotopic (exact) mass is 439 g/mol. The lowest BCUT2D eigenvalue weighted by molar-refractivity contribution is -0.384. The molecule has 160 valence electrons. The smallest absolute Gasteiger partial charge is 0.405 e. The van der Waals surface area contributed by atoms with Gasteiger partial charge in [0.15, 0.2) is 6.61 Å². The van der Waals surface area contributed by atoms with Crippen LogP contribution in [0, 0.1) is 16.0 Å². The summed E-state index contributed by atoms with van der Waals surface area (Å²) in [5, 5.41) is 14.6. The minimum Gasteiger partial charge on any atom is -0.454 e. The number of esters is 1. The van der Waals surface area contributed by atoms with Crippen LogP contribution in [0.3, 0.4) is 0 Å². The number of alkyl halides is 3. The van der Waals surface area contributed by atoms with Crippen molar-refractivity contribution >= 4 is 35.1 Å². The largest absolute Gasteiger partial charge is 0.454 e. The molecule has 1 aromatic carbocycles. The van der Waals surface area contributed by atoms with Gasteiger partial charge in [-0.1, -0.05) is 25.4 Å². The first-order chi connectivity index (χ1) is 13.3. The Morgan fingerprint density at radius 2 is 1.90 bits per heavy atom. The van der Waals surface area contributed by atoms with E-state index in [4.69, 9.17) is 11.6 Å². The van der Waals surface area contributed by atoms with Gasteiger partial charge in [0.05, 0.1) is 4.92 Å². The molecule has 0 radical (unpaired) electrons. The summed E-state index contributed by atoms with van der Waals surface area (Å²) in [7, 11) is 0. The highest BCUT2D eigenvalue weighted by Crippen LogP contribution is 2.25. The maximum atomic E-state index is 12.3. The number of hydrogen-bond acceptors (Lipinski definition) is 6. The molecule has 0 fully saturated rings. The van der Waals surface area contributed by atoms with Crippen LogP contribution >= 0.6 is 11.6 Å². The van der Waals surface area contributed by atoms with Gasteiger partial charge in [0, 0.05) is 11.6 Å². The second-order valence-corrected chi connectivity index (χ2v) is 6.53. The molecule has 9 nitrogen and oxygen atoms in total. The van der Waals surface area contributed by atoms with E-state index in [-0.39, 0.29) is 10.6 Å². The van der Waals surface area contributed by atoms with Gasteiger partial charge in [-0.05, 0) is 18.1 Å². The maximum absolute atomic E-state index is 12.3. The van der Waals surface area contributed by atoms with E-state index >= 15 is 0 Å². The summed E-state index contributed by atoms with van der Waals surface area (Å²) in [4.78, 5) is 45.9. The molecule has 0 aliphatic heterocycles. The first-order valence-corrected chi connectivity index (χ1v) is 8.44. The molecule has 13 heteroatoms. The highest BCUT2D eigenvalue weighted by Gasteiger charge is 2.30. The number of carbonyl (C=O) groups is 3. The molecule has 0 aromatic heterocycles. The van der Waals surface area contributed by atoms with Gasteiger partial charge in [0.25, 0.3) is 17.5 Å². The molecular formula is C16H17ClF3N3O6. The Morgan fingerprint density at radius 1 is 1.28 bits per heavy atom. The molecular weight excluding hydrogens is 423 g/mol. The number of rotatable bonds is 8. The predicted octanol–water partition coefficient (Wildman–Crippen LogP) is 2.22. The van der Waals surface area contributed by atoms with Gasteiger partial charge in [-0.2, -0.15) is 13.2 Å². The van der Waals surface area contributed by atoms with E-state index in [0.717, 1.165) is 12.1 Å². The van der Waals surface area contributed by atoms with Crippen molar-refractivity contribution in [2.45, 2.75) is 26.1 Å². The Hall–Kier alpha value is -2.89. The molecule has 29 heavy (non-hydrogen) atoms. The molecule has 0 aliphatic carbocycles. The summed E-state index contributed by atoms with van der Waals surface area (Å²) in [5.74, 6) is -3.59. The molecule has 0 aliphatic rings. The quantitative estimate of drug-likeness (QED) is 0.363.